The predicted molar refractivity (Wildman–Crippen MR) is 66.1 cm³/mol. The summed E-state index contributed by atoms with van der Waals surface area (Å²) in [5.41, 5.74) is 0.995. The van der Waals surface area contributed by atoms with Crippen molar-refractivity contribution >= 4 is 0 Å². The smallest absolute Gasteiger partial charge is 0.213 e. The van der Waals surface area contributed by atoms with Crippen LogP contribution >= 0.6 is 0 Å². The Labute approximate surface area is 102 Å². The second-order valence-electron chi connectivity index (χ2n) is 4.39. The number of ether oxygens (including phenoxy) is 2. The quantitative estimate of drug-likeness (QED) is 0.846. The van der Waals surface area contributed by atoms with Gasteiger partial charge in [0.15, 0.2) is 0 Å². The molecular formula is C13H20N2O2. The summed E-state index contributed by atoms with van der Waals surface area (Å²) >= 11 is 0. The Morgan fingerprint density at radius 1 is 1.59 bits per heavy atom. The molecule has 2 heterocycles. The highest BCUT2D eigenvalue weighted by Gasteiger charge is 2.21. The molecule has 2 atom stereocenters. The first-order chi connectivity index (χ1) is 8.29. The van der Waals surface area contributed by atoms with Gasteiger partial charge in [0.1, 0.15) is 0 Å². The minimum absolute atomic E-state index is 0.348. The van der Waals surface area contributed by atoms with Crippen molar-refractivity contribution in [3.63, 3.8) is 0 Å². The second-order valence-corrected chi connectivity index (χ2v) is 4.39. The highest BCUT2D eigenvalue weighted by molar-refractivity contribution is 5.15. The molecule has 94 valence electrons. The highest BCUT2D eigenvalue weighted by atomic mass is 16.5. The molecule has 2 rings (SSSR count). The van der Waals surface area contributed by atoms with Gasteiger partial charge in [0.25, 0.3) is 0 Å². The summed E-state index contributed by atoms with van der Waals surface area (Å²) in [4.78, 5) is 4.36. The minimum atomic E-state index is 0.348. The molecule has 2 unspecified atom stereocenters. The molecule has 0 aromatic carbocycles. The van der Waals surface area contributed by atoms with Crippen molar-refractivity contribution in [2.24, 2.45) is 0 Å². The number of nitrogens with one attached hydrogen (secondary N) is 1. The van der Waals surface area contributed by atoms with Gasteiger partial charge in [-0.05, 0) is 25.8 Å². The van der Waals surface area contributed by atoms with Crippen LogP contribution in [0.25, 0.3) is 0 Å². The molecule has 4 heteroatoms. The maximum Gasteiger partial charge on any atom is 0.213 e. The molecule has 1 N–H and O–H groups in total. The third kappa shape index (κ3) is 3.41. The van der Waals surface area contributed by atoms with E-state index in [1.807, 2.05) is 18.2 Å². The van der Waals surface area contributed by atoms with Crippen molar-refractivity contribution in [2.45, 2.75) is 38.5 Å². The molecule has 0 saturated carbocycles. The van der Waals surface area contributed by atoms with Gasteiger partial charge < -0.3 is 14.8 Å². The van der Waals surface area contributed by atoms with Crippen molar-refractivity contribution in [2.75, 3.05) is 13.7 Å². The Kier molecular flexibility index (Phi) is 4.34. The van der Waals surface area contributed by atoms with Crippen molar-refractivity contribution in [1.82, 2.24) is 10.3 Å². The van der Waals surface area contributed by atoms with Gasteiger partial charge in [-0.15, -0.1) is 0 Å². The molecule has 0 radical (unpaired) electrons. The molecular weight excluding hydrogens is 216 g/mol. The maximum absolute atomic E-state index is 5.64. The molecule has 0 amide bonds. The Bertz CT molecular complexity index is 351. The van der Waals surface area contributed by atoms with Crippen molar-refractivity contribution in [1.29, 1.82) is 0 Å². The predicted octanol–water partition coefficient (Wildman–Crippen LogP) is 1.75. The van der Waals surface area contributed by atoms with E-state index in [1.54, 1.807) is 7.11 Å². The lowest BCUT2D eigenvalue weighted by Crippen LogP contribution is -2.36. The number of pyridine rings is 1. The topological polar surface area (TPSA) is 43.4 Å². The SMILES string of the molecule is COc1cccc(CNC(C)C2CCCO2)n1. The lowest BCUT2D eigenvalue weighted by atomic mass is 10.1. The average Bonchev–Trinajstić information content (AvgIpc) is 2.90. The molecule has 1 aliphatic heterocycles. The van der Waals surface area contributed by atoms with Crippen LogP contribution in [0.3, 0.4) is 0 Å². The van der Waals surface area contributed by atoms with Gasteiger partial charge >= 0.3 is 0 Å². The Morgan fingerprint density at radius 2 is 2.47 bits per heavy atom. The lowest BCUT2D eigenvalue weighted by Gasteiger charge is -2.19. The summed E-state index contributed by atoms with van der Waals surface area (Å²) in [6.07, 6.45) is 2.67. The zero-order chi connectivity index (χ0) is 12.1. The van der Waals surface area contributed by atoms with Crippen LogP contribution in [-0.2, 0) is 11.3 Å². The van der Waals surface area contributed by atoms with Crippen LogP contribution in [0.2, 0.25) is 0 Å². The van der Waals surface area contributed by atoms with Gasteiger partial charge in [-0.3, -0.25) is 0 Å². The first-order valence-corrected chi connectivity index (χ1v) is 6.14. The summed E-state index contributed by atoms with van der Waals surface area (Å²) in [7, 11) is 1.63. The van der Waals surface area contributed by atoms with Crippen molar-refractivity contribution < 1.29 is 9.47 Å². The summed E-state index contributed by atoms with van der Waals surface area (Å²) in [6.45, 7) is 3.81. The zero-order valence-corrected chi connectivity index (χ0v) is 10.5. The summed E-state index contributed by atoms with van der Waals surface area (Å²) < 4.78 is 10.7. The Morgan fingerprint density at radius 3 is 3.18 bits per heavy atom. The van der Waals surface area contributed by atoms with Gasteiger partial charge in [0, 0.05) is 25.3 Å². The molecule has 1 aromatic heterocycles. The molecule has 17 heavy (non-hydrogen) atoms. The first-order valence-electron chi connectivity index (χ1n) is 6.14. The van der Waals surface area contributed by atoms with E-state index in [2.05, 4.69) is 17.2 Å². The molecule has 0 bridgehead atoms. The number of hydrogen-bond acceptors (Lipinski definition) is 4. The number of rotatable bonds is 5. The van der Waals surface area contributed by atoms with E-state index in [-0.39, 0.29) is 0 Å². The van der Waals surface area contributed by atoms with E-state index in [0.29, 0.717) is 18.0 Å². The molecule has 4 nitrogen and oxygen atoms in total. The highest BCUT2D eigenvalue weighted by Crippen LogP contribution is 2.15. The number of hydrogen-bond donors (Lipinski definition) is 1. The van der Waals surface area contributed by atoms with Crippen LogP contribution < -0.4 is 10.1 Å². The summed E-state index contributed by atoms with van der Waals surface area (Å²) in [5.74, 6) is 0.661. The standard InChI is InChI=1S/C13H20N2O2/c1-10(12-6-4-8-17-12)14-9-11-5-3-7-13(15-11)16-2/h3,5,7,10,12,14H,4,6,8-9H2,1-2H3. The molecule has 1 saturated heterocycles. The maximum atomic E-state index is 5.64. The van der Waals surface area contributed by atoms with Crippen LogP contribution in [0.5, 0.6) is 5.88 Å². The largest absolute Gasteiger partial charge is 0.481 e. The third-order valence-electron chi connectivity index (χ3n) is 3.12. The Hall–Kier alpha value is -1.13. The van der Waals surface area contributed by atoms with Crippen LogP contribution in [0, 0.1) is 0 Å². The van der Waals surface area contributed by atoms with E-state index in [4.69, 9.17) is 9.47 Å². The van der Waals surface area contributed by atoms with Gasteiger partial charge in [-0.2, -0.15) is 0 Å². The van der Waals surface area contributed by atoms with Crippen molar-refractivity contribution in [3.05, 3.63) is 23.9 Å². The van der Waals surface area contributed by atoms with E-state index < -0.39 is 0 Å². The molecule has 0 spiro atoms. The number of nitrogens with zero attached hydrogens (tertiary/aromatic N) is 1. The van der Waals surface area contributed by atoms with E-state index >= 15 is 0 Å². The molecule has 1 fully saturated rings. The third-order valence-corrected chi connectivity index (χ3v) is 3.12. The lowest BCUT2D eigenvalue weighted by molar-refractivity contribution is 0.0831. The Balaban J connectivity index is 1.83. The van der Waals surface area contributed by atoms with Crippen LogP contribution in [0.1, 0.15) is 25.5 Å². The average molecular weight is 236 g/mol. The molecule has 1 aromatic rings. The fourth-order valence-corrected chi connectivity index (χ4v) is 2.06. The van der Waals surface area contributed by atoms with Gasteiger partial charge in [-0.25, -0.2) is 4.98 Å². The monoisotopic (exact) mass is 236 g/mol. The van der Waals surface area contributed by atoms with Gasteiger partial charge in [0.2, 0.25) is 5.88 Å². The fourth-order valence-electron chi connectivity index (χ4n) is 2.06. The van der Waals surface area contributed by atoms with E-state index in [1.165, 1.54) is 6.42 Å². The molecule has 0 aliphatic carbocycles. The van der Waals surface area contributed by atoms with Crippen LogP contribution in [0.15, 0.2) is 18.2 Å². The van der Waals surface area contributed by atoms with Crippen LogP contribution in [-0.4, -0.2) is 30.8 Å². The van der Waals surface area contributed by atoms with E-state index in [9.17, 15) is 0 Å². The van der Waals surface area contributed by atoms with Crippen LogP contribution in [0.4, 0.5) is 0 Å². The van der Waals surface area contributed by atoms with Gasteiger partial charge in [-0.1, -0.05) is 6.07 Å². The molecule has 1 aliphatic rings. The zero-order valence-electron chi connectivity index (χ0n) is 10.5. The first kappa shape index (κ1) is 12.3. The number of methoxy groups -OCH3 is 1. The second kappa shape index (κ2) is 5.98. The number of aromatic nitrogens is 1. The van der Waals surface area contributed by atoms with Gasteiger partial charge in [0.05, 0.1) is 18.9 Å². The van der Waals surface area contributed by atoms with Crippen molar-refractivity contribution in [3.8, 4) is 5.88 Å². The summed E-state index contributed by atoms with van der Waals surface area (Å²) in [6, 6.07) is 6.18. The van der Waals surface area contributed by atoms with E-state index in [0.717, 1.165) is 25.3 Å². The summed E-state index contributed by atoms with van der Waals surface area (Å²) in [5, 5.41) is 3.45. The minimum Gasteiger partial charge on any atom is -0.481 e. The normalized spacial score (nSPS) is 21.4. The fraction of sp³-hybridized carbons (Fsp3) is 0.615.